The van der Waals surface area contributed by atoms with Crippen molar-refractivity contribution in [2.24, 2.45) is 5.92 Å². The van der Waals surface area contributed by atoms with Crippen LogP contribution in [0.4, 0.5) is 4.39 Å². The van der Waals surface area contributed by atoms with Crippen molar-refractivity contribution in [2.75, 3.05) is 6.61 Å². The standard InChI is InChI=1S/C14H16FNO5/c1-3-11(13(18)20-4-2)14(19)21-16-12(17)9-5-7-10(15)8-6-9/h5-8,11H,3-4H2,1-2H3,(H,16,17). The van der Waals surface area contributed by atoms with Gasteiger partial charge in [-0.15, -0.1) is 0 Å². The predicted octanol–water partition coefficient (Wildman–Crippen LogP) is 1.60. The van der Waals surface area contributed by atoms with Gasteiger partial charge in [0.2, 0.25) is 0 Å². The highest BCUT2D eigenvalue weighted by Gasteiger charge is 2.28. The Morgan fingerprint density at radius 2 is 1.76 bits per heavy atom. The SMILES string of the molecule is CCOC(=O)C(CC)C(=O)ONC(=O)c1ccc(F)cc1. The average Bonchev–Trinajstić information content (AvgIpc) is 2.46. The van der Waals surface area contributed by atoms with Crippen LogP contribution < -0.4 is 5.48 Å². The molecule has 0 heterocycles. The number of nitrogens with one attached hydrogen (secondary N) is 1. The highest BCUT2D eigenvalue weighted by molar-refractivity contribution is 5.97. The first kappa shape index (κ1) is 16.6. The van der Waals surface area contributed by atoms with E-state index in [1.54, 1.807) is 13.8 Å². The normalized spacial score (nSPS) is 11.4. The van der Waals surface area contributed by atoms with E-state index in [1.807, 2.05) is 5.48 Å². The maximum Gasteiger partial charge on any atom is 0.346 e. The fourth-order valence-electron chi connectivity index (χ4n) is 1.50. The van der Waals surface area contributed by atoms with Gasteiger partial charge in [-0.05, 0) is 37.6 Å². The van der Waals surface area contributed by atoms with Gasteiger partial charge in [0, 0.05) is 5.56 Å². The highest BCUT2D eigenvalue weighted by Crippen LogP contribution is 2.08. The summed E-state index contributed by atoms with van der Waals surface area (Å²) in [5.74, 6) is -3.93. The van der Waals surface area contributed by atoms with Crippen LogP contribution in [-0.2, 0) is 19.2 Å². The third kappa shape index (κ3) is 4.87. The number of hydrogen-bond donors (Lipinski definition) is 1. The minimum absolute atomic E-state index is 0.119. The summed E-state index contributed by atoms with van der Waals surface area (Å²) in [5, 5.41) is 0. The molecular weight excluding hydrogens is 281 g/mol. The molecule has 0 aliphatic rings. The van der Waals surface area contributed by atoms with E-state index in [4.69, 9.17) is 4.74 Å². The molecule has 0 radical (unpaired) electrons. The fraction of sp³-hybridized carbons (Fsp3) is 0.357. The number of halogens is 1. The highest BCUT2D eigenvalue weighted by atomic mass is 19.1. The summed E-state index contributed by atoms with van der Waals surface area (Å²) in [4.78, 5) is 39.4. The number of ether oxygens (including phenoxy) is 1. The Balaban J connectivity index is 2.56. The molecule has 1 N–H and O–H groups in total. The molecule has 0 spiro atoms. The first-order valence-corrected chi connectivity index (χ1v) is 6.42. The first-order chi connectivity index (χ1) is 9.99. The molecule has 7 heteroatoms. The number of carbonyl (C=O) groups is 3. The molecule has 0 saturated heterocycles. The van der Waals surface area contributed by atoms with E-state index in [0.29, 0.717) is 0 Å². The van der Waals surface area contributed by atoms with Crippen molar-refractivity contribution < 1.29 is 28.3 Å². The largest absolute Gasteiger partial charge is 0.465 e. The number of benzene rings is 1. The fourth-order valence-corrected chi connectivity index (χ4v) is 1.50. The lowest BCUT2D eigenvalue weighted by atomic mass is 10.1. The van der Waals surface area contributed by atoms with Crippen LogP contribution in [-0.4, -0.2) is 24.5 Å². The Kier molecular flexibility index (Phi) is 6.32. The van der Waals surface area contributed by atoms with E-state index >= 15 is 0 Å². The topological polar surface area (TPSA) is 81.7 Å². The van der Waals surface area contributed by atoms with Gasteiger partial charge in [0.05, 0.1) is 6.61 Å². The third-order valence-corrected chi connectivity index (χ3v) is 2.61. The zero-order chi connectivity index (χ0) is 15.8. The summed E-state index contributed by atoms with van der Waals surface area (Å²) in [6.45, 7) is 3.38. The predicted molar refractivity (Wildman–Crippen MR) is 70.4 cm³/mol. The molecule has 1 amide bonds. The van der Waals surface area contributed by atoms with E-state index in [1.165, 1.54) is 12.1 Å². The molecule has 0 bridgehead atoms. The number of esters is 1. The molecule has 0 saturated carbocycles. The zero-order valence-corrected chi connectivity index (χ0v) is 11.7. The smallest absolute Gasteiger partial charge is 0.346 e. The van der Waals surface area contributed by atoms with E-state index < -0.39 is 29.6 Å². The van der Waals surface area contributed by atoms with E-state index in [0.717, 1.165) is 12.1 Å². The summed E-state index contributed by atoms with van der Waals surface area (Å²) in [7, 11) is 0. The number of hydroxylamine groups is 1. The van der Waals surface area contributed by atoms with Crippen LogP contribution >= 0.6 is 0 Å². The van der Waals surface area contributed by atoms with Crippen LogP contribution in [0, 0.1) is 11.7 Å². The maximum absolute atomic E-state index is 12.7. The number of carbonyl (C=O) groups excluding carboxylic acids is 3. The molecule has 6 nitrogen and oxygen atoms in total. The summed E-state index contributed by atoms with van der Waals surface area (Å²) in [5.41, 5.74) is 2.03. The van der Waals surface area contributed by atoms with Crippen molar-refractivity contribution in [1.29, 1.82) is 0 Å². The molecule has 1 aromatic carbocycles. The number of rotatable bonds is 5. The summed E-state index contributed by atoms with van der Waals surface area (Å²) in [6.07, 6.45) is 0.185. The van der Waals surface area contributed by atoms with Gasteiger partial charge in [0.15, 0.2) is 5.92 Å². The molecule has 0 aliphatic heterocycles. The first-order valence-electron chi connectivity index (χ1n) is 6.42. The lowest BCUT2D eigenvalue weighted by Crippen LogP contribution is -2.34. The number of amides is 1. The van der Waals surface area contributed by atoms with Crippen LogP contribution in [0.1, 0.15) is 30.6 Å². The summed E-state index contributed by atoms with van der Waals surface area (Å²) in [6, 6.07) is 4.68. The lowest BCUT2D eigenvalue weighted by molar-refractivity contribution is -0.165. The van der Waals surface area contributed by atoms with Gasteiger partial charge >= 0.3 is 11.9 Å². The molecule has 1 atom stereocenters. The van der Waals surface area contributed by atoms with Crippen LogP contribution in [0.5, 0.6) is 0 Å². The monoisotopic (exact) mass is 297 g/mol. The van der Waals surface area contributed by atoms with Gasteiger partial charge in [-0.25, -0.2) is 9.18 Å². The molecule has 0 aromatic heterocycles. The molecule has 0 aliphatic carbocycles. The Labute approximate surface area is 121 Å². The molecule has 114 valence electrons. The second-order valence-corrected chi connectivity index (χ2v) is 4.07. The molecule has 0 fully saturated rings. The Morgan fingerprint density at radius 3 is 2.29 bits per heavy atom. The van der Waals surface area contributed by atoms with Gasteiger partial charge < -0.3 is 9.57 Å². The lowest BCUT2D eigenvalue weighted by Gasteiger charge is -2.12. The van der Waals surface area contributed by atoms with Crippen molar-refractivity contribution in [2.45, 2.75) is 20.3 Å². The number of hydrogen-bond acceptors (Lipinski definition) is 5. The van der Waals surface area contributed by atoms with Gasteiger partial charge in [0.1, 0.15) is 5.82 Å². The van der Waals surface area contributed by atoms with Crippen molar-refractivity contribution in [3.63, 3.8) is 0 Å². The van der Waals surface area contributed by atoms with Gasteiger partial charge in [-0.1, -0.05) is 6.92 Å². The Bertz CT molecular complexity index is 515. The van der Waals surface area contributed by atoms with Crippen LogP contribution in [0.15, 0.2) is 24.3 Å². The summed E-state index contributed by atoms with van der Waals surface area (Å²) < 4.78 is 17.4. The van der Waals surface area contributed by atoms with Crippen molar-refractivity contribution in [1.82, 2.24) is 5.48 Å². The zero-order valence-electron chi connectivity index (χ0n) is 11.7. The minimum atomic E-state index is -1.10. The summed E-state index contributed by atoms with van der Waals surface area (Å²) >= 11 is 0. The van der Waals surface area contributed by atoms with Crippen molar-refractivity contribution in [3.05, 3.63) is 35.6 Å². The average molecular weight is 297 g/mol. The van der Waals surface area contributed by atoms with Gasteiger partial charge in [-0.3, -0.25) is 9.59 Å². The van der Waals surface area contributed by atoms with E-state index in [2.05, 4.69) is 4.84 Å². The van der Waals surface area contributed by atoms with Crippen LogP contribution in [0.3, 0.4) is 0 Å². The minimum Gasteiger partial charge on any atom is -0.465 e. The molecule has 1 aromatic rings. The molecule has 1 unspecified atom stereocenters. The molecular formula is C14H16FNO5. The van der Waals surface area contributed by atoms with E-state index in [-0.39, 0.29) is 18.6 Å². The van der Waals surface area contributed by atoms with Gasteiger partial charge in [0.25, 0.3) is 5.91 Å². The van der Waals surface area contributed by atoms with Crippen molar-refractivity contribution in [3.8, 4) is 0 Å². The third-order valence-electron chi connectivity index (χ3n) is 2.61. The maximum atomic E-state index is 12.7. The Hall–Kier alpha value is -2.44. The van der Waals surface area contributed by atoms with Crippen LogP contribution in [0.2, 0.25) is 0 Å². The molecule has 21 heavy (non-hydrogen) atoms. The Morgan fingerprint density at radius 1 is 1.14 bits per heavy atom. The van der Waals surface area contributed by atoms with Gasteiger partial charge in [-0.2, -0.15) is 5.48 Å². The van der Waals surface area contributed by atoms with Crippen molar-refractivity contribution >= 4 is 17.8 Å². The molecule has 1 rings (SSSR count). The van der Waals surface area contributed by atoms with Crippen LogP contribution in [0.25, 0.3) is 0 Å². The van der Waals surface area contributed by atoms with E-state index in [9.17, 15) is 18.8 Å². The second kappa shape index (κ2) is 7.98. The second-order valence-electron chi connectivity index (χ2n) is 4.07. The quantitative estimate of drug-likeness (QED) is 0.507.